The standard InChI is InChI=1S/C33H37N5O5/c1-2-32(39)38-13-10-23(11-14-38)27-21-28-29(22-31(27)42-20-17-37-15-18-41-19-16-37)34-12-9-30(28)43-26-7-5-25(6-8-26)36-33(40)35-24-3-4-24/h2,5-10,12,21-22,24H,1,3-4,11,13-20H2,(H2,35,36,40). The molecule has 224 valence electrons. The van der Waals surface area contributed by atoms with Crippen molar-refractivity contribution in [3.8, 4) is 17.2 Å². The number of hydrogen-bond acceptors (Lipinski definition) is 7. The summed E-state index contributed by atoms with van der Waals surface area (Å²) in [6.45, 7) is 9.39. The van der Waals surface area contributed by atoms with Gasteiger partial charge in [0, 0.05) is 67.7 Å². The van der Waals surface area contributed by atoms with Gasteiger partial charge in [0.05, 0.1) is 18.7 Å². The Labute approximate surface area is 251 Å². The average Bonchev–Trinajstić information content (AvgIpc) is 3.86. The van der Waals surface area contributed by atoms with E-state index in [4.69, 9.17) is 14.2 Å². The number of benzene rings is 2. The van der Waals surface area contributed by atoms with E-state index in [0.29, 0.717) is 49.3 Å². The van der Waals surface area contributed by atoms with Gasteiger partial charge in [-0.3, -0.25) is 14.7 Å². The number of ether oxygens (including phenoxy) is 3. The normalized spacial score (nSPS) is 17.2. The zero-order valence-electron chi connectivity index (χ0n) is 24.2. The Morgan fingerprint density at radius 2 is 1.88 bits per heavy atom. The third-order valence-corrected chi connectivity index (χ3v) is 7.87. The van der Waals surface area contributed by atoms with E-state index in [1.807, 2.05) is 36.4 Å². The number of urea groups is 1. The molecule has 3 amide bonds. The Morgan fingerprint density at radius 1 is 1.07 bits per heavy atom. The van der Waals surface area contributed by atoms with Gasteiger partial charge in [0.15, 0.2) is 0 Å². The number of carbonyl (C=O) groups excluding carboxylic acids is 2. The topological polar surface area (TPSA) is 105 Å². The molecule has 3 heterocycles. The Morgan fingerprint density at radius 3 is 2.60 bits per heavy atom. The van der Waals surface area contributed by atoms with E-state index in [2.05, 4.69) is 39.2 Å². The number of fused-ring (bicyclic) bond motifs is 1. The van der Waals surface area contributed by atoms with Crippen LogP contribution in [0.3, 0.4) is 0 Å². The first-order valence-corrected chi connectivity index (χ1v) is 14.9. The number of aromatic nitrogens is 1. The summed E-state index contributed by atoms with van der Waals surface area (Å²) < 4.78 is 18.2. The zero-order valence-corrected chi connectivity index (χ0v) is 24.2. The number of carbonyl (C=O) groups is 2. The molecule has 2 aromatic carbocycles. The Hall–Kier alpha value is -4.41. The summed E-state index contributed by atoms with van der Waals surface area (Å²) in [4.78, 5) is 33.0. The first kappa shape index (κ1) is 28.7. The van der Waals surface area contributed by atoms with Crippen molar-refractivity contribution in [1.29, 1.82) is 0 Å². The van der Waals surface area contributed by atoms with Crippen LogP contribution in [0.25, 0.3) is 16.5 Å². The highest BCUT2D eigenvalue weighted by Crippen LogP contribution is 2.38. The molecule has 1 aromatic heterocycles. The average molecular weight is 584 g/mol. The number of anilines is 1. The molecule has 3 aromatic rings. The summed E-state index contributed by atoms with van der Waals surface area (Å²) in [6.07, 6.45) is 7.94. The van der Waals surface area contributed by atoms with E-state index in [1.54, 1.807) is 11.1 Å². The molecule has 43 heavy (non-hydrogen) atoms. The second-order valence-electron chi connectivity index (χ2n) is 10.9. The van der Waals surface area contributed by atoms with E-state index < -0.39 is 0 Å². The summed E-state index contributed by atoms with van der Waals surface area (Å²) in [5.41, 5.74) is 3.54. The van der Waals surface area contributed by atoms with Crippen LogP contribution in [0.4, 0.5) is 10.5 Å². The number of nitrogens with zero attached hydrogens (tertiary/aromatic N) is 3. The van der Waals surface area contributed by atoms with E-state index in [-0.39, 0.29) is 11.9 Å². The minimum Gasteiger partial charge on any atom is -0.492 e. The van der Waals surface area contributed by atoms with Crippen LogP contribution in [0, 0.1) is 0 Å². The molecule has 0 bridgehead atoms. The van der Waals surface area contributed by atoms with Gasteiger partial charge in [-0.1, -0.05) is 12.7 Å². The Kier molecular flexibility index (Phi) is 8.85. The number of rotatable bonds is 10. The Bertz CT molecular complexity index is 1510. The molecule has 2 aliphatic heterocycles. The highest BCUT2D eigenvalue weighted by atomic mass is 16.5. The molecular weight excluding hydrogens is 546 g/mol. The van der Waals surface area contributed by atoms with Gasteiger partial charge >= 0.3 is 6.03 Å². The minimum atomic E-state index is -0.194. The van der Waals surface area contributed by atoms with Crippen LogP contribution in [0.1, 0.15) is 24.8 Å². The molecular formula is C33H37N5O5. The molecule has 0 radical (unpaired) electrons. The van der Waals surface area contributed by atoms with Crippen molar-refractivity contribution in [2.24, 2.45) is 0 Å². The zero-order chi connectivity index (χ0) is 29.6. The molecule has 0 unspecified atom stereocenters. The number of hydrogen-bond donors (Lipinski definition) is 2. The molecule has 2 N–H and O–H groups in total. The van der Waals surface area contributed by atoms with Gasteiger partial charge in [0.1, 0.15) is 23.9 Å². The van der Waals surface area contributed by atoms with E-state index in [0.717, 1.165) is 73.5 Å². The van der Waals surface area contributed by atoms with E-state index in [9.17, 15) is 9.59 Å². The first-order valence-electron chi connectivity index (χ1n) is 14.9. The van der Waals surface area contributed by atoms with Crippen LogP contribution in [-0.4, -0.2) is 85.3 Å². The molecule has 1 saturated carbocycles. The lowest BCUT2D eigenvalue weighted by Crippen LogP contribution is -2.38. The predicted molar refractivity (Wildman–Crippen MR) is 166 cm³/mol. The maximum Gasteiger partial charge on any atom is 0.319 e. The van der Waals surface area contributed by atoms with Crippen LogP contribution < -0.4 is 20.1 Å². The quantitative estimate of drug-likeness (QED) is 0.330. The number of amides is 3. The molecule has 0 atom stereocenters. The van der Waals surface area contributed by atoms with Gasteiger partial charge in [0.2, 0.25) is 5.91 Å². The molecule has 10 nitrogen and oxygen atoms in total. The maximum absolute atomic E-state index is 12.2. The molecule has 10 heteroatoms. The highest BCUT2D eigenvalue weighted by molar-refractivity contribution is 5.92. The summed E-state index contributed by atoms with van der Waals surface area (Å²) in [6, 6.07) is 13.3. The van der Waals surface area contributed by atoms with E-state index >= 15 is 0 Å². The van der Waals surface area contributed by atoms with Gasteiger partial charge in [0.25, 0.3) is 0 Å². The van der Waals surface area contributed by atoms with Gasteiger partial charge in [-0.15, -0.1) is 0 Å². The first-order chi connectivity index (χ1) is 21.1. The summed E-state index contributed by atoms with van der Waals surface area (Å²) in [5.74, 6) is 2.00. The summed E-state index contributed by atoms with van der Waals surface area (Å²) in [5, 5.41) is 6.64. The molecule has 1 aliphatic carbocycles. The smallest absolute Gasteiger partial charge is 0.319 e. The number of pyridine rings is 1. The van der Waals surface area contributed by atoms with Crippen molar-refractivity contribution in [3.05, 3.63) is 73.0 Å². The minimum absolute atomic E-state index is 0.0690. The fourth-order valence-electron chi connectivity index (χ4n) is 5.27. The third-order valence-electron chi connectivity index (χ3n) is 7.87. The van der Waals surface area contributed by atoms with Crippen molar-refractivity contribution in [3.63, 3.8) is 0 Å². The predicted octanol–water partition coefficient (Wildman–Crippen LogP) is 4.82. The van der Waals surface area contributed by atoms with Crippen LogP contribution in [0.2, 0.25) is 0 Å². The monoisotopic (exact) mass is 583 g/mol. The maximum atomic E-state index is 12.2. The molecule has 0 spiro atoms. The van der Waals surface area contributed by atoms with Crippen LogP contribution in [0.15, 0.2) is 67.4 Å². The lowest BCUT2D eigenvalue weighted by Gasteiger charge is -2.28. The largest absolute Gasteiger partial charge is 0.492 e. The third kappa shape index (κ3) is 7.33. The second-order valence-corrected chi connectivity index (χ2v) is 10.9. The van der Waals surface area contributed by atoms with Gasteiger partial charge in [-0.25, -0.2) is 4.79 Å². The van der Waals surface area contributed by atoms with Crippen LogP contribution in [-0.2, 0) is 9.53 Å². The van der Waals surface area contributed by atoms with Gasteiger partial charge in [-0.05, 0) is 67.3 Å². The van der Waals surface area contributed by atoms with Crippen molar-refractivity contribution >= 4 is 34.1 Å². The van der Waals surface area contributed by atoms with Crippen LogP contribution >= 0.6 is 0 Å². The van der Waals surface area contributed by atoms with Gasteiger partial charge < -0.3 is 29.7 Å². The molecule has 1 saturated heterocycles. The number of morpholine rings is 1. The van der Waals surface area contributed by atoms with Crippen molar-refractivity contribution in [1.82, 2.24) is 20.1 Å². The van der Waals surface area contributed by atoms with Crippen LogP contribution in [0.5, 0.6) is 17.2 Å². The SMILES string of the molecule is C=CC(=O)N1CC=C(c2cc3c(Oc4ccc(NC(=O)NC5CC5)cc4)ccnc3cc2OCCN2CCOCC2)CC1. The second kappa shape index (κ2) is 13.3. The van der Waals surface area contributed by atoms with Gasteiger partial charge in [-0.2, -0.15) is 0 Å². The van der Waals surface area contributed by atoms with Crippen molar-refractivity contribution < 1.29 is 23.8 Å². The van der Waals surface area contributed by atoms with Crippen molar-refractivity contribution in [2.75, 3.05) is 57.9 Å². The number of nitrogens with one attached hydrogen (secondary N) is 2. The lowest BCUT2D eigenvalue weighted by atomic mass is 9.96. The molecule has 3 aliphatic rings. The summed E-state index contributed by atoms with van der Waals surface area (Å²) >= 11 is 0. The lowest BCUT2D eigenvalue weighted by molar-refractivity contribution is -0.125. The fraction of sp³-hybridized carbons (Fsp3) is 0.364. The highest BCUT2D eigenvalue weighted by Gasteiger charge is 2.23. The van der Waals surface area contributed by atoms with Crippen molar-refractivity contribution in [2.45, 2.75) is 25.3 Å². The Balaban J connectivity index is 1.23. The summed E-state index contributed by atoms with van der Waals surface area (Å²) in [7, 11) is 0. The molecule has 2 fully saturated rings. The molecule has 6 rings (SSSR count). The fourth-order valence-corrected chi connectivity index (χ4v) is 5.27. The van der Waals surface area contributed by atoms with E-state index in [1.165, 1.54) is 6.08 Å².